The van der Waals surface area contributed by atoms with E-state index in [-0.39, 0.29) is 104 Å². The van der Waals surface area contributed by atoms with Crippen LogP contribution in [0.25, 0.3) is 36.7 Å². The summed E-state index contributed by atoms with van der Waals surface area (Å²) in [6.07, 6.45) is 11.2. The largest absolute Gasteiger partial charge is 0.463 e. The van der Waals surface area contributed by atoms with Gasteiger partial charge in [-0.15, -0.1) is 11.6 Å². The summed E-state index contributed by atoms with van der Waals surface area (Å²) in [6, 6.07) is 0.421. The zero-order valence-corrected chi connectivity index (χ0v) is 70.1. The molecule has 52 heteroatoms. The first kappa shape index (κ1) is 93.7. The molecule has 5 aliphatic rings. The summed E-state index contributed by atoms with van der Waals surface area (Å²) in [7, 11) is 0. The van der Waals surface area contributed by atoms with Crippen molar-refractivity contribution in [1.29, 1.82) is 0 Å². The molecule has 652 valence electrons. The van der Waals surface area contributed by atoms with Gasteiger partial charge in [0, 0.05) is 57.9 Å². The number of allylic oxidation sites excluding steroid dienone is 1. The van der Waals surface area contributed by atoms with Crippen molar-refractivity contribution in [3.63, 3.8) is 0 Å². The third kappa shape index (κ3) is 21.4. The van der Waals surface area contributed by atoms with Crippen LogP contribution in [-0.2, 0) is 39.9 Å². The number of aliphatic hydroxyl groups excluding tert-OH is 1. The van der Waals surface area contributed by atoms with E-state index in [4.69, 9.17) is 70.1 Å². The summed E-state index contributed by atoms with van der Waals surface area (Å²) >= 11 is 11.5. The molecule has 0 spiro atoms. The summed E-state index contributed by atoms with van der Waals surface area (Å²) in [6.45, 7) is 19.7. The van der Waals surface area contributed by atoms with Gasteiger partial charge in [0.1, 0.15) is 41.5 Å². The van der Waals surface area contributed by atoms with Gasteiger partial charge in [0.2, 0.25) is 47.5 Å². The lowest BCUT2D eigenvalue weighted by molar-refractivity contribution is -0.166. The molecular weight excluding hydrogens is 1750 g/mol. The van der Waals surface area contributed by atoms with E-state index in [0.717, 1.165) is 85.3 Å². The van der Waals surface area contributed by atoms with E-state index in [1.165, 1.54) is 55.1 Å². The Hall–Kier alpha value is -12.1. The number of thiazole rings is 3. The number of aromatic amines is 6. The van der Waals surface area contributed by atoms with Gasteiger partial charge in [0.05, 0.1) is 27.4 Å². The van der Waals surface area contributed by atoms with Crippen molar-refractivity contribution in [3.8, 4) is 5.69 Å². The minimum absolute atomic E-state index is 0. The molecule has 0 amide bonds. The number of nitrogens with two attached hydrogens (primary N) is 6. The number of unbranched alkanes of at least 4 members (excludes halogenated alkanes) is 3. The third-order valence-corrected chi connectivity index (χ3v) is 23.6. The number of pyridine rings is 1. The molecule has 10 aromatic rings. The van der Waals surface area contributed by atoms with Crippen LogP contribution in [0.1, 0.15) is 98.3 Å². The fourth-order valence-corrected chi connectivity index (χ4v) is 17.8. The zero-order chi connectivity index (χ0) is 88.3. The van der Waals surface area contributed by atoms with E-state index in [9.17, 15) is 70.7 Å². The highest BCUT2D eigenvalue weighted by Gasteiger charge is 2.52. The number of hydrogen-bond donors (Lipinski definition) is 13. The lowest BCUT2D eigenvalue weighted by Crippen LogP contribution is -2.41. The number of nitrogens with zero attached hydrogens (tertiary/aromatic N) is 13. The average Bonchev–Trinajstić information content (AvgIpc) is 1.57. The minimum Gasteiger partial charge on any atom is -0.463 e. The number of aromatic nitrogens is 16. The number of fused-ring (bicyclic) bond motifs is 6. The zero-order valence-electron chi connectivity index (χ0n) is 64.4. The second kappa shape index (κ2) is 41.0. The van der Waals surface area contributed by atoms with Crippen LogP contribution >= 0.6 is 80.9 Å². The van der Waals surface area contributed by atoms with Crippen molar-refractivity contribution in [1.82, 2.24) is 78.5 Å². The van der Waals surface area contributed by atoms with Crippen molar-refractivity contribution in [2.24, 2.45) is 0 Å². The second-order valence-corrected chi connectivity index (χ2v) is 32.4. The SMILES string of the molecule is C.C=C1Sc2c(nc(N)[nH]c2=O)N1C/C=C/CCl.C=C1Sc2c(nc(N)[nH]c2=O)N1C/C=C/CO.C=C1Sc2c(nc(N)[nH]c2=O)N1C1CCCC1.CC(=O)OC[C@H]1O[C@@H](n2c(=O)sc3c(=O)[nH]c(N)nc32)[C@H](OC(C)=O)[C@H]1OC(C)=O.CCCCCCn1c(=O)sc2c(=O)[nH]c(N)nc21.Cc1c(F)nc(F)c(F)c1-n1c(=O)sc2c(=O)[nH]c(N)nc21. The van der Waals surface area contributed by atoms with Gasteiger partial charge in [-0.3, -0.25) is 96.6 Å². The number of halogens is 4. The standard InChI is InChI=1S/C16H18N4O9S.C11H6F3N5O2S.C11H16N4O2S.C11H14N4OS.C10H11ClN4OS.C10H12N4O2S.CH4/c1-5(21)26-4-8-9(27-6(2)22)10(28-7(3)23)14(29-8)20-12-11(30-16(20)25)13(24)19-15(17)18-12;1-2-4(3(12)7(14)16-6(2)13)19-8-5(22-11(19)21)9(20)18-10(15)17-8;1-2-3-4-5-6-15-8-7(18-11(15)17)9(16)14-10(12)13-8;1-6-15(7-4-2-3-5-7)9-8(17-6)10(16)14-11(12)13-9;1-6-15(5-3-2-4-11)8-7(17-6)9(16)14-10(12)13-8;1-6-14(4-2-3-5-15)8-7(17-6)9(16)13-10(11)12-8;/h8-10,14H,4H2,1-3H3,(H3,17,18,19,24);1H3,(H3,15,17,18,20);2-6H2,1H3,(H3,12,13,14,16);7H,1-5H2,(H3,12,13,14,16);2-3H,1,4-5H2,(H3,12,13,14,16);2-3,15H,1,4-5H2,(H3,11,12,13,16);1H4/b;;;;2*3-2+;/t8-,9+,10-,14-;;;;;;/m1....../s1. The van der Waals surface area contributed by atoms with Gasteiger partial charge in [-0.2, -0.15) is 48.1 Å². The number of carbonyl (C=O) groups is 3. The van der Waals surface area contributed by atoms with Crippen LogP contribution in [0.2, 0.25) is 0 Å². The van der Waals surface area contributed by atoms with Crippen molar-refractivity contribution in [2.75, 3.05) is 81.3 Å². The molecular formula is C70H81ClF3N25O17S6. The molecule has 0 aromatic carbocycles. The van der Waals surface area contributed by atoms with Crippen molar-refractivity contribution >= 4 is 183 Å². The molecule has 0 unspecified atom stereocenters. The Morgan fingerprint density at radius 3 is 1.53 bits per heavy atom. The number of aryl methyl sites for hydroxylation is 1. The van der Waals surface area contributed by atoms with E-state index in [2.05, 4.69) is 96.4 Å². The maximum Gasteiger partial charge on any atom is 0.314 e. The van der Waals surface area contributed by atoms with Gasteiger partial charge in [-0.1, -0.05) is 160 Å². The molecule has 1 saturated heterocycles. The van der Waals surface area contributed by atoms with Gasteiger partial charge in [0.15, 0.2) is 52.8 Å². The predicted molar refractivity (Wildman–Crippen MR) is 461 cm³/mol. The number of nitrogens with one attached hydrogen (secondary N) is 6. The van der Waals surface area contributed by atoms with Crippen LogP contribution in [0.5, 0.6) is 0 Å². The maximum absolute atomic E-state index is 14.0. The molecule has 10 aromatic heterocycles. The topological polar surface area (TPSA) is 628 Å². The first-order chi connectivity index (χ1) is 57.4. The summed E-state index contributed by atoms with van der Waals surface area (Å²) in [5, 5.41) is 11.0. The highest BCUT2D eigenvalue weighted by molar-refractivity contribution is 8.04. The normalized spacial score (nSPS) is 16.3. The number of nitrogen functional groups attached to an aromatic ring is 6. The van der Waals surface area contributed by atoms with Gasteiger partial charge >= 0.3 is 32.5 Å². The number of ether oxygens (including phenoxy) is 4. The first-order valence-electron chi connectivity index (χ1n) is 35.9. The molecule has 1 saturated carbocycles. The third-order valence-electron chi connectivity index (χ3n) is 17.5. The number of anilines is 9. The van der Waals surface area contributed by atoms with Crippen LogP contribution < -0.4 is 97.1 Å². The molecule has 122 heavy (non-hydrogen) atoms. The Bertz CT molecular complexity index is 6220. The van der Waals surface area contributed by atoms with Gasteiger partial charge < -0.3 is 73.2 Å². The molecule has 15 rings (SSSR count). The van der Waals surface area contributed by atoms with Gasteiger partial charge in [-0.25, -0.2) is 4.57 Å². The van der Waals surface area contributed by atoms with Gasteiger partial charge in [-0.05, 0) is 26.2 Å². The van der Waals surface area contributed by atoms with Crippen LogP contribution in [0.3, 0.4) is 0 Å². The number of thioether (sulfide) groups is 3. The van der Waals surface area contributed by atoms with E-state index in [1.54, 1.807) is 21.6 Å². The van der Waals surface area contributed by atoms with Crippen LogP contribution in [0.4, 0.5) is 66.3 Å². The van der Waals surface area contributed by atoms with E-state index in [1.807, 2.05) is 17.1 Å². The Morgan fingerprint density at radius 2 is 1.02 bits per heavy atom. The molecule has 4 aliphatic heterocycles. The fraction of sp³-hybridized carbons (Fsp3) is 0.357. The van der Waals surface area contributed by atoms with Gasteiger partial charge in [0.25, 0.3) is 39.3 Å². The molecule has 0 radical (unpaired) electrons. The number of alkyl halides is 1. The number of carbonyl (C=O) groups excluding carboxylic acids is 3. The van der Waals surface area contributed by atoms with Crippen molar-refractivity contribution in [2.45, 2.75) is 145 Å². The van der Waals surface area contributed by atoms with E-state index < -0.39 is 92.3 Å². The molecule has 42 nitrogen and oxygen atoms in total. The van der Waals surface area contributed by atoms with Crippen LogP contribution in [0, 0.1) is 24.6 Å². The second-order valence-electron chi connectivity index (χ2n) is 25.9. The molecule has 1 aliphatic carbocycles. The highest BCUT2D eigenvalue weighted by atomic mass is 35.5. The number of H-pyrrole nitrogens is 6. The molecule has 4 atom stereocenters. The lowest BCUT2D eigenvalue weighted by Gasteiger charge is -2.25. The first-order valence-corrected chi connectivity index (χ1v) is 41.4. The Morgan fingerprint density at radius 1 is 0.566 bits per heavy atom. The summed E-state index contributed by atoms with van der Waals surface area (Å²) in [5.74, 6) is -4.52. The van der Waals surface area contributed by atoms with Crippen molar-refractivity contribution in [3.05, 3.63) is 174 Å². The lowest BCUT2D eigenvalue weighted by atomic mass is 10.1. The molecule has 19 N–H and O–H groups in total. The fourth-order valence-electron chi connectivity index (χ4n) is 12.4. The van der Waals surface area contributed by atoms with Crippen LogP contribution in [0.15, 0.2) is 117 Å². The van der Waals surface area contributed by atoms with Crippen molar-refractivity contribution < 1.29 is 51.6 Å². The maximum atomic E-state index is 14.0. The Balaban J connectivity index is 0.000000168. The van der Waals surface area contributed by atoms with E-state index in [0.29, 0.717) is 106 Å². The Labute approximate surface area is 714 Å². The average molecular weight is 1830 g/mol. The number of rotatable bonds is 18. The number of esters is 3. The summed E-state index contributed by atoms with van der Waals surface area (Å²) in [4.78, 5) is 189. The molecule has 14 heterocycles. The summed E-state index contributed by atoms with van der Waals surface area (Å²) < 4.78 is 65.5. The molecule has 0 bridgehead atoms. The number of aliphatic hydroxyl groups is 1. The smallest absolute Gasteiger partial charge is 0.314 e. The predicted octanol–water partition coefficient (Wildman–Crippen LogP) is 5.33. The molecule has 2 fully saturated rings. The number of hydrogen-bond acceptors (Lipinski definition) is 39. The quantitative estimate of drug-likeness (QED) is 0.0129. The monoisotopic (exact) mass is 1830 g/mol. The van der Waals surface area contributed by atoms with Crippen LogP contribution in [-0.4, -0.2) is 158 Å². The Kier molecular flexibility index (Phi) is 31.5. The highest BCUT2D eigenvalue weighted by Crippen LogP contribution is 2.47. The minimum atomic E-state index is -1.71. The van der Waals surface area contributed by atoms with E-state index >= 15 is 0 Å². The summed E-state index contributed by atoms with van der Waals surface area (Å²) in [5.41, 5.74) is 29.7.